The third-order valence-electron chi connectivity index (χ3n) is 6.31. The Hall–Kier alpha value is -2.56. The number of hydrogen-bond acceptors (Lipinski definition) is 3. The van der Waals surface area contributed by atoms with E-state index in [9.17, 15) is 9.59 Å². The number of benzene rings is 1. The molecule has 1 amide bonds. The minimum absolute atomic E-state index is 0.0570. The number of fused-ring (bicyclic) bond motifs is 1. The fraction of sp³-hybridized carbons (Fsp3) is 0.478. The van der Waals surface area contributed by atoms with Crippen LogP contribution in [0.2, 0.25) is 0 Å². The van der Waals surface area contributed by atoms with Crippen LogP contribution in [0.5, 0.6) is 0 Å². The maximum Gasteiger partial charge on any atom is 0.263 e. The van der Waals surface area contributed by atoms with Crippen molar-refractivity contribution >= 4 is 11.6 Å². The lowest BCUT2D eigenvalue weighted by molar-refractivity contribution is 0.0671. The quantitative estimate of drug-likeness (QED) is 0.806. The lowest BCUT2D eigenvalue weighted by Gasteiger charge is -2.41. The van der Waals surface area contributed by atoms with Gasteiger partial charge in [0, 0.05) is 44.1 Å². The van der Waals surface area contributed by atoms with Crippen molar-refractivity contribution in [1.82, 2.24) is 9.47 Å². The van der Waals surface area contributed by atoms with Crippen molar-refractivity contribution in [2.24, 2.45) is 7.05 Å². The average molecular weight is 380 g/mol. The van der Waals surface area contributed by atoms with Crippen molar-refractivity contribution < 1.29 is 4.79 Å². The third kappa shape index (κ3) is 3.23. The van der Waals surface area contributed by atoms with Crippen LogP contribution in [0.3, 0.4) is 0 Å². The van der Waals surface area contributed by atoms with Gasteiger partial charge in [-0.05, 0) is 62.8 Å². The van der Waals surface area contributed by atoms with Crippen LogP contribution < -0.4 is 10.5 Å². The Morgan fingerprint density at radius 2 is 1.86 bits per heavy atom. The van der Waals surface area contributed by atoms with Crippen LogP contribution in [0.15, 0.2) is 35.1 Å². The van der Waals surface area contributed by atoms with Gasteiger partial charge in [-0.25, -0.2) is 0 Å². The Bertz CT molecular complexity index is 963. The van der Waals surface area contributed by atoms with E-state index in [1.165, 1.54) is 16.8 Å². The highest BCUT2D eigenvalue weighted by atomic mass is 16.2. The molecule has 2 aromatic rings. The molecule has 0 spiro atoms. The molecule has 2 aliphatic rings. The lowest BCUT2D eigenvalue weighted by Crippen LogP contribution is -2.55. The van der Waals surface area contributed by atoms with Crippen molar-refractivity contribution in [3.05, 3.63) is 63.1 Å². The molecule has 1 aromatic carbocycles. The largest absolute Gasteiger partial charge is 0.367 e. The van der Waals surface area contributed by atoms with Crippen molar-refractivity contribution in [3.63, 3.8) is 0 Å². The molecule has 1 atom stereocenters. The molecule has 5 heteroatoms. The first-order valence-electron chi connectivity index (χ1n) is 10.3. The molecule has 148 valence electrons. The van der Waals surface area contributed by atoms with Crippen LogP contribution in [-0.4, -0.2) is 41.1 Å². The number of nitrogens with zero attached hydrogens (tertiary/aromatic N) is 3. The molecular formula is C23H29N3O2. The van der Waals surface area contributed by atoms with Gasteiger partial charge in [-0.1, -0.05) is 18.2 Å². The highest BCUT2D eigenvalue weighted by Gasteiger charge is 2.31. The van der Waals surface area contributed by atoms with Crippen LogP contribution in [0.1, 0.15) is 46.9 Å². The highest BCUT2D eigenvalue weighted by molar-refractivity contribution is 5.94. The van der Waals surface area contributed by atoms with E-state index in [2.05, 4.69) is 36.9 Å². The van der Waals surface area contributed by atoms with E-state index in [1.54, 1.807) is 4.57 Å². The maximum atomic E-state index is 13.3. The molecule has 1 fully saturated rings. The second-order valence-electron chi connectivity index (χ2n) is 8.18. The Morgan fingerprint density at radius 3 is 2.61 bits per heavy atom. The van der Waals surface area contributed by atoms with Crippen molar-refractivity contribution in [1.29, 1.82) is 0 Å². The number of anilines is 1. The minimum Gasteiger partial charge on any atom is -0.367 e. The van der Waals surface area contributed by atoms with Crippen LogP contribution in [0, 0.1) is 6.92 Å². The first kappa shape index (κ1) is 18.8. The number of aromatic nitrogens is 1. The normalized spacial score (nSPS) is 19.5. The van der Waals surface area contributed by atoms with E-state index < -0.39 is 0 Å². The van der Waals surface area contributed by atoms with Crippen molar-refractivity contribution in [2.45, 2.75) is 45.6 Å². The van der Waals surface area contributed by atoms with Gasteiger partial charge >= 0.3 is 0 Å². The van der Waals surface area contributed by atoms with E-state index in [4.69, 9.17) is 0 Å². The first-order valence-corrected chi connectivity index (χ1v) is 10.3. The van der Waals surface area contributed by atoms with Gasteiger partial charge in [0.1, 0.15) is 5.56 Å². The van der Waals surface area contributed by atoms with Crippen molar-refractivity contribution in [2.75, 3.05) is 24.5 Å². The van der Waals surface area contributed by atoms with Crippen LogP contribution in [0.4, 0.5) is 5.69 Å². The van der Waals surface area contributed by atoms with Gasteiger partial charge in [-0.2, -0.15) is 0 Å². The van der Waals surface area contributed by atoms with E-state index in [0.29, 0.717) is 12.1 Å². The molecule has 0 radical (unpaired) electrons. The summed E-state index contributed by atoms with van der Waals surface area (Å²) in [7, 11) is 1.81. The molecule has 5 nitrogen and oxygen atoms in total. The third-order valence-corrected chi connectivity index (χ3v) is 6.31. The second kappa shape index (κ2) is 7.46. The Kier molecular flexibility index (Phi) is 5.00. The van der Waals surface area contributed by atoms with Crippen LogP contribution in [0.25, 0.3) is 0 Å². The van der Waals surface area contributed by atoms with E-state index in [-0.39, 0.29) is 17.5 Å². The maximum absolute atomic E-state index is 13.3. The summed E-state index contributed by atoms with van der Waals surface area (Å²) in [4.78, 5) is 30.4. The number of hydrogen-bond donors (Lipinski definition) is 0. The molecule has 0 N–H and O–H groups in total. The summed E-state index contributed by atoms with van der Waals surface area (Å²) in [5.41, 5.74) is 4.93. The summed E-state index contributed by atoms with van der Waals surface area (Å²) in [5.74, 6) is -0.120. The summed E-state index contributed by atoms with van der Waals surface area (Å²) < 4.78 is 1.70. The van der Waals surface area contributed by atoms with Gasteiger partial charge < -0.3 is 14.4 Å². The second-order valence-corrected chi connectivity index (χ2v) is 8.18. The van der Waals surface area contributed by atoms with E-state index in [1.807, 2.05) is 24.1 Å². The zero-order chi connectivity index (χ0) is 19.8. The van der Waals surface area contributed by atoms with Crippen molar-refractivity contribution in [3.8, 4) is 0 Å². The molecule has 1 aromatic heterocycles. The number of pyridine rings is 1. The molecule has 0 bridgehead atoms. The zero-order valence-corrected chi connectivity index (χ0v) is 17.1. The minimum atomic E-state index is -0.154. The number of rotatable bonds is 2. The number of para-hydroxylation sites is 1. The fourth-order valence-corrected chi connectivity index (χ4v) is 4.69. The lowest BCUT2D eigenvalue weighted by atomic mass is 9.94. The number of amides is 1. The molecule has 4 rings (SSSR count). The average Bonchev–Trinajstić information content (AvgIpc) is 2.70. The molecule has 1 saturated heterocycles. The van der Waals surface area contributed by atoms with Gasteiger partial charge in [0.2, 0.25) is 0 Å². The van der Waals surface area contributed by atoms with E-state index in [0.717, 1.165) is 44.5 Å². The molecule has 0 unspecified atom stereocenters. The van der Waals surface area contributed by atoms with Gasteiger partial charge in [0.05, 0.1) is 0 Å². The summed E-state index contributed by atoms with van der Waals surface area (Å²) in [6.45, 7) is 6.39. The molecule has 1 aliphatic carbocycles. The number of piperazine rings is 1. The van der Waals surface area contributed by atoms with E-state index >= 15 is 0 Å². The molecule has 1 aliphatic heterocycles. The zero-order valence-electron chi connectivity index (χ0n) is 17.1. The summed E-state index contributed by atoms with van der Waals surface area (Å²) in [6.07, 6.45) is 4.14. The molecular weight excluding hydrogens is 350 g/mol. The predicted molar refractivity (Wildman–Crippen MR) is 112 cm³/mol. The summed E-state index contributed by atoms with van der Waals surface area (Å²) >= 11 is 0. The first-order chi connectivity index (χ1) is 13.5. The number of carbonyl (C=O) groups is 1. The Balaban J connectivity index is 1.58. The molecule has 2 heterocycles. The fourth-order valence-electron chi connectivity index (χ4n) is 4.69. The summed E-state index contributed by atoms with van der Waals surface area (Å²) in [5, 5.41) is 0. The Labute approximate surface area is 166 Å². The monoisotopic (exact) mass is 379 g/mol. The van der Waals surface area contributed by atoms with Crippen LogP contribution >= 0.6 is 0 Å². The van der Waals surface area contributed by atoms with Gasteiger partial charge in [-0.15, -0.1) is 0 Å². The topological polar surface area (TPSA) is 45.5 Å². The number of aryl methyl sites for hydroxylation is 2. The van der Waals surface area contributed by atoms with Gasteiger partial charge in [0.25, 0.3) is 11.5 Å². The highest BCUT2D eigenvalue weighted by Crippen LogP contribution is 2.25. The standard InChI is InChI=1S/C23H29N3O2/c1-16-8-4-6-10-20(16)25-12-13-26(17(2)15-25)23(28)19-14-18-9-5-7-11-21(18)24(3)22(19)27/h4,6,8,10,14,17H,5,7,9,11-13,15H2,1-3H3/t17-/m0/s1. The molecule has 28 heavy (non-hydrogen) atoms. The number of carbonyl (C=O) groups excluding carboxylic acids is 1. The van der Waals surface area contributed by atoms with Crippen LogP contribution in [-0.2, 0) is 19.9 Å². The van der Waals surface area contributed by atoms with Gasteiger partial charge in [-0.3, -0.25) is 9.59 Å². The van der Waals surface area contributed by atoms with Gasteiger partial charge in [0.15, 0.2) is 0 Å². The smallest absolute Gasteiger partial charge is 0.263 e. The summed E-state index contributed by atoms with van der Waals surface area (Å²) in [6, 6.07) is 10.3. The molecule has 0 saturated carbocycles. The SMILES string of the molecule is Cc1ccccc1N1CCN(C(=O)c2cc3c(n(C)c2=O)CCCC3)[C@@H](C)C1. The predicted octanol–water partition coefficient (Wildman–Crippen LogP) is 2.92. The Morgan fingerprint density at radius 1 is 1.11 bits per heavy atom.